The number of hydrogen-bond acceptors (Lipinski definition) is 1. The summed E-state index contributed by atoms with van der Waals surface area (Å²) >= 11 is 0. The van der Waals surface area contributed by atoms with Crippen LogP contribution in [0.2, 0.25) is 0 Å². The van der Waals surface area contributed by atoms with Crippen LogP contribution in [0.3, 0.4) is 0 Å². The fraction of sp³-hybridized carbons (Fsp3) is 0.250. The van der Waals surface area contributed by atoms with Gasteiger partial charge >= 0.3 is 0 Å². The average Bonchev–Trinajstić information content (AvgIpc) is 2.82. The van der Waals surface area contributed by atoms with Crippen LogP contribution >= 0.6 is 0 Å². The fourth-order valence-electron chi connectivity index (χ4n) is 2.67. The molecule has 114 valence electrons. The van der Waals surface area contributed by atoms with Crippen molar-refractivity contribution in [2.24, 2.45) is 0 Å². The van der Waals surface area contributed by atoms with Crippen LogP contribution < -0.4 is 0 Å². The van der Waals surface area contributed by atoms with Gasteiger partial charge in [-0.15, -0.1) is 0 Å². The van der Waals surface area contributed by atoms with Gasteiger partial charge in [0.2, 0.25) is 0 Å². The minimum absolute atomic E-state index is 0.903. The molecule has 0 aromatic carbocycles. The molecule has 0 atom stereocenters. The van der Waals surface area contributed by atoms with E-state index < -0.39 is 0 Å². The molecule has 2 heterocycles. The number of rotatable bonds is 6. The van der Waals surface area contributed by atoms with Crippen LogP contribution in [-0.4, -0.2) is 9.55 Å². The molecule has 0 aliphatic heterocycles. The van der Waals surface area contributed by atoms with E-state index in [1.54, 1.807) is 6.08 Å². The first-order chi connectivity index (χ1) is 10.5. The van der Waals surface area contributed by atoms with Crippen molar-refractivity contribution in [2.45, 2.75) is 33.6 Å². The molecule has 2 nitrogen and oxygen atoms in total. The van der Waals surface area contributed by atoms with Gasteiger partial charge < -0.3 is 4.57 Å². The highest BCUT2D eigenvalue weighted by Crippen LogP contribution is 2.18. The number of aromatic nitrogens is 2. The maximum absolute atomic E-state index is 4.84. The van der Waals surface area contributed by atoms with Gasteiger partial charge in [0, 0.05) is 17.1 Å². The third-order valence-electron chi connectivity index (χ3n) is 3.77. The van der Waals surface area contributed by atoms with Crippen LogP contribution in [0.15, 0.2) is 61.2 Å². The van der Waals surface area contributed by atoms with E-state index in [-0.39, 0.29) is 0 Å². The second kappa shape index (κ2) is 7.08. The molecule has 0 spiro atoms. The number of hydrogen-bond donors (Lipinski definition) is 0. The van der Waals surface area contributed by atoms with Crippen LogP contribution in [0.5, 0.6) is 0 Å². The Labute approximate surface area is 133 Å². The van der Waals surface area contributed by atoms with E-state index in [4.69, 9.17) is 4.98 Å². The Bertz CT molecular complexity index is 698. The van der Waals surface area contributed by atoms with Gasteiger partial charge in [0.25, 0.3) is 0 Å². The lowest BCUT2D eigenvalue weighted by Crippen LogP contribution is -2.04. The predicted octanol–water partition coefficient (Wildman–Crippen LogP) is 5.03. The quantitative estimate of drug-likeness (QED) is 0.683. The fourth-order valence-corrected chi connectivity index (χ4v) is 2.67. The van der Waals surface area contributed by atoms with E-state index in [1.165, 1.54) is 22.5 Å². The molecule has 0 amide bonds. The molecule has 0 bridgehead atoms. The summed E-state index contributed by atoms with van der Waals surface area (Å²) in [7, 11) is 0. The van der Waals surface area contributed by atoms with E-state index in [2.05, 4.69) is 62.8 Å². The molecule has 0 aliphatic rings. The average molecular weight is 292 g/mol. The lowest BCUT2D eigenvalue weighted by molar-refractivity contribution is 0.863. The Morgan fingerprint density at radius 3 is 2.41 bits per heavy atom. The largest absolute Gasteiger partial charge is 0.303 e. The van der Waals surface area contributed by atoms with Crippen molar-refractivity contribution in [3.05, 3.63) is 83.9 Å². The van der Waals surface area contributed by atoms with Crippen LogP contribution in [0.1, 0.15) is 29.1 Å². The first-order valence-electron chi connectivity index (χ1n) is 7.62. The highest BCUT2D eigenvalue weighted by Gasteiger charge is 2.07. The molecule has 0 saturated heterocycles. The molecule has 0 radical (unpaired) electrons. The van der Waals surface area contributed by atoms with Crippen molar-refractivity contribution in [1.82, 2.24) is 9.55 Å². The summed E-state index contributed by atoms with van der Waals surface area (Å²) in [5, 5.41) is 0. The molecule has 0 unspecified atom stereocenters. The summed E-state index contributed by atoms with van der Waals surface area (Å²) in [6.07, 6.45) is 7.52. The number of nitrogens with zero attached hydrogens (tertiary/aromatic N) is 2. The molecule has 2 heteroatoms. The summed E-state index contributed by atoms with van der Waals surface area (Å²) in [6.45, 7) is 13.9. The third kappa shape index (κ3) is 3.64. The first-order valence-corrected chi connectivity index (χ1v) is 7.62. The Morgan fingerprint density at radius 1 is 1.14 bits per heavy atom. The van der Waals surface area contributed by atoms with Gasteiger partial charge in [0.1, 0.15) is 5.82 Å². The molecule has 0 aliphatic carbocycles. The molecular weight excluding hydrogens is 268 g/mol. The third-order valence-corrected chi connectivity index (χ3v) is 3.77. The lowest BCUT2D eigenvalue weighted by Gasteiger charge is -2.12. The Kier molecular flexibility index (Phi) is 5.16. The molecule has 22 heavy (non-hydrogen) atoms. The Hall–Kier alpha value is -2.35. The molecule has 2 aromatic heterocycles. The van der Waals surface area contributed by atoms with E-state index >= 15 is 0 Å². The SMILES string of the molecule is C=C/C=C(\C=C)CCc1cc(C)cc(-n2c(C)ccc2C)n1. The van der Waals surface area contributed by atoms with Crippen molar-refractivity contribution < 1.29 is 0 Å². The van der Waals surface area contributed by atoms with Crippen LogP contribution in [0, 0.1) is 20.8 Å². The molecule has 0 saturated carbocycles. The van der Waals surface area contributed by atoms with Crippen molar-refractivity contribution >= 4 is 0 Å². The van der Waals surface area contributed by atoms with Gasteiger partial charge in [-0.25, -0.2) is 4.98 Å². The molecule has 2 rings (SSSR count). The second-order valence-corrected chi connectivity index (χ2v) is 5.63. The number of aryl methyl sites for hydroxylation is 4. The molecule has 0 fully saturated rings. The number of allylic oxidation sites excluding steroid dienone is 4. The van der Waals surface area contributed by atoms with Gasteiger partial charge in [-0.1, -0.05) is 31.4 Å². The predicted molar refractivity (Wildman–Crippen MR) is 94.6 cm³/mol. The molecular formula is C20H24N2. The van der Waals surface area contributed by atoms with Crippen LogP contribution in [-0.2, 0) is 6.42 Å². The van der Waals surface area contributed by atoms with E-state index in [0.29, 0.717) is 0 Å². The summed E-state index contributed by atoms with van der Waals surface area (Å²) in [4.78, 5) is 4.84. The van der Waals surface area contributed by atoms with Gasteiger partial charge in [-0.3, -0.25) is 0 Å². The maximum Gasteiger partial charge on any atom is 0.137 e. The van der Waals surface area contributed by atoms with Gasteiger partial charge in [0.15, 0.2) is 0 Å². The summed E-state index contributed by atoms with van der Waals surface area (Å²) in [6, 6.07) is 8.55. The zero-order valence-corrected chi connectivity index (χ0v) is 13.8. The second-order valence-electron chi connectivity index (χ2n) is 5.63. The monoisotopic (exact) mass is 292 g/mol. The first kappa shape index (κ1) is 16.0. The minimum atomic E-state index is 0.903. The zero-order valence-electron chi connectivity index (χ0n) is 13.8. The highest BCUT2D eigenvalue weighted by atomic mass is 15.1. The van der Waals surface area contributed by atoms with Crippen molar-refractivity contribution in [3.8, 4) is 5.82 Å². The Morgan fingerprint density at radius 2 is 1.82 bits per heavy atom. The lowest BCUT2D eigenvalue weighted by atomic mass is 10.1. The smallest absolute Gasteiger partial charge is 0.137 e. The summed E-state index contributed by atoms with van der Waals surface area (Å²) in [5.41, 5.74) is 5.95. The van der Waals surface area contributed by atoms with Crippen molar-refractivity contribution in [1.29, 1.82) is 0 Å². The minimum Gasteiger partial charge on any atom is -0.303 e. The summed E-state index contributed by atoms with van der Waals surface area (Å²) in [5.74, 6) is 1.00. The standard InChI is InChI=1S/C20H24N2/c1-6-8-18(7-2)11-12-19-13-15(3)14-20(21-19)22-16(4)9-10-17(22)5/h6-10,13-14H,1-2,11-12H2,3-5H3/b18-8+. The molecule has 0 N–H and O–H groups in total. The molecule has 2 aromatic rings. The van der Waals surface area contributed by atoms with Crippen molar-refractivity contribution in [2.75, 3.05) is 0 Å². The van der Waals surface area contributed by atoms with Crippen LogP contribution in [0.25, 0.3) is 5.82 Å². The van der Waals surface area contributed by atoms with Gasteiger partial charge in [0.05, 0.1) is 0 Å². The number of pyridine rings is 1. The highest BCUT2D eigenvalue weighted by molar-refractivity contribution is 5.36. The van der Waals surface area contributed by atoms with Crippen molar-refractivity contribution in [3.63, 3.8) is 0 Å². The zero-order chi connectivity index (χ0) is 16.1. The Balaban J connectivity index is 2.30. The summed E-state index contributed by atoms with van der Waals surface area (Å²) < 4.78 is 2.20. The normalized spacial score (nSPS) is 11.5. The topological polar surface area (TPSA) is 17.8 Å². The van der Waals surface area contributed by atoms with Gasteiger partial charge in [-0.2, -0.15) is 0 Å². The van der Waals surface area contributed by atoms with E-state index in [9.17, 15) is 0 Å². The van der Waals surface area contributed by atoms with E-state index in [0.717, 1.165) is 24.4 Å². The maximum atomic E-state index is 4.84. The van der Waals surface area contributed by atoms with Gasteiger partial charge in [-0.05, 0) is 69.0 Å². The van der Waals surface area contributed by atoms with E-state index in [1.807, 2.05) is 12.2 Å². The van der Waals surface area contributed by atoms with Crippen LogP contribution in [0.4, 0.5) is 0 Å².